The van der Waals surface area contributed by atoms with E-state index in [1.807, 2.05) is 0 Å². The Morgan fingerprint density at radius 1 is 1.00 bits per heavy atom. The van der Waals surface area contributed by atoms with Gasteiger partial charge in [-0.05, 0) is 68.6 Å². The molecule has 112 valence electrons. The minimum Gasteiger partial charge on any atom is -0.299 e. The van der Waals surface area contributed by atoms with Gasteiger partial charge in [-0.15, -0.1) is 0 Å². The standard InChI is InChI=1S/C15H19F3O2/c1-8(19)12(13(20)15(16,17)18)14-5-9-2-10(6-14)4-11(3-9)7-14/h9-12H,2-7H2,1H3. The van der Waals surface area contributed by atoms with E-state index in [2.05, 4.69) is 0 Å². The fourth-order valence-corrected chi connectivity index (χ4v) is 5.59. The topological polar surface area (TPSA) is 34.1 Å². The van der Waals surface area contributed by atoms with Crippen molar-refractivity contribution >= 4 is 11.6 Å². The molecule has 0 aliphatic heterocycles. The van der Waals surface area contributed by atoms with Gasteiger partial charge in [0.1, 0.15) is 5.78 Å². The number of rotatable bonds is 3. The number of hydrogen-bond acceptors (Lipinski definition) is 2. The van der Waals surface area contributed by atoms with E-state index in [9.17, 15) is 22.8 Å². The van der Waals surface area contributed by atoms with E-state index in [-0.39, 0.29) is 0 Å². The van der Waals surface area contributed by atoms with Crippen molar-refractivity contribution in [3.8, 4) is 0 Å². The van der Waals surface area contributed by atoms with Crippen LogP contribution in [0.1, 0.15) is 45.4 Å². The Morgan fingerprint density at radius 3 is 1.70 bits per heavy atom. The second kappa shape index (κ2) is 4.31. The Labute approximate surface area is 116 Å². The lowest BCUT2D eigenvalue weighted by atomic mass is 9.45. The van der Waals surface area contributed by atoms with Gasteiger partial charge in [-0.3, -0.25) is 9.59 Å². The molecule has 20 heavy (non-hydrogen) atoms. The largest absolute Gasteiger partial charge is 0.450 e. The van der Waals surface area contributed by atoms with E-state index >= 15 is 0 Å². The number of carbonyl (C=O) groups excluding carboxylic acids is 2. The molecule has 0 aromatic heterocycles. The van der Waals surface area contributed by atoms with Crippen molar-refractivity contribution in [2.24, 2.45) is 29.1 Å². The van der Waals surface area contributed by atoms with Crippen molar-refractivity contribution in [2.75, 3.05) is 0 Å². The highest BCUT2D eigenvalue weighted by Gasteiger charge is 2.60. The molecule has 0 saturated heterocycles. The van der Waals surface area contributed by atoms with E-state index in [0.29, 0.717) is 37.0 Å². The summed E-state index contributed by atoms with van der Waals surface area (Å²) in [6, 6.07) is 0. The first-order chi connectivity index (χ1) is 9.21. The Hall–Kier alpha value is -0.870. The first-order valence-corrected chi connectivity index (χ1v) is 7.33. The van der Waals surface area contributed by atoms with Crippen LogP contribution >= 0.6 is 0 Å². The molecule has 4 bridgehead atoms. The molecule has 0 heterocycles. The normalized spacial score (nSPS) is 40.7. The molecular formula is C15H19F3O2. The Kier molecular flexibility index (Phi) is 3.04. The highest BCUT2D eigenvalue weighted by molar-refractivity contribution is 6.04. The number of Topliss-reactive ketones (excluding diaryl/α,β-unsaturated/α-hetero) is 2. The second-order valence-electron chi connectivity index (χ2n) is 7.19. The summed E-state index contributed by atoms with van der Waals surface area (Å²) >= 11 is 0. The molecule has 0 aromatic rings. The van der Waals surface area contributed by atoms with Gasteiger partial charge in [0.05, 0.1) is 5.92 Å². The van der Waals surface area contributed by atoms with Crippen molar-refractivity contribution in [1.29, 1.82) is 0 Å². The summed E-state index contributed by atoms with van der Waals surface area (Å²) in [5, 5.41) is 0. The third kappa shape index (κ3) is 2.09. The summed E-state index contributed by atoms with van der Waals surface area (Å²) in [5.41, 5.74) is -0.701. The molecule has 0 radical (unpaired) electrons. The van der Waals surface area contributed by atoms with E-state index in [1.165, 1.54) is 0 Å². The van der Waals surface area contributed by atoms with Gasteiger partial charge >= 0.3 is 6.18 Å². The molecule has 4 saturated carbocycles. The zero-order chi connectivity index (χ0) is 14.7. The third-order valence-electron chi connectivity index (χ3n) is 5.65. The summed E-state index contributed by atoms with van der Waals surface area (Å²) in [4.78, 5) is 23.6. The van der Waals surface area contributed by atoms with Gasteiger partial charge in [0, 0.05) is 0 Å². The van der Waals surface area contributed by atoms with Crippen LogP contribution in [-0.4, -0.2) is 17.7 Å². The second-order valence-corrected chi connectivity index (χ2v) is 7.19. The van der Waals surface area contributed by atoms with E-state index in [4.69, 9.17) is 0 Å². The lowest BCUT2D eigenvalue weighted by Crippen LogP contribution is -2.55. The lowest BCUT2D eigenvalue weighted by Gasteiger charge is -2.58. The van der Waals surface area contributed by atoms with Crippen LogP contribution in [0.4, 0.5) is 13.2 Å². The van der Waals surface area contributed by atoms with Gasteiger partial charge in [0.15, 0.2) is 0 Å². The average Bonchev–Trinajstić information content (AvgIpc) is 2.24. The zero-order valence-corrected chi connectivity index (χ0v) is 11.5. The van der Waals surface area contributed by atoms with Crippen molar-refractivity contribution in [3.05, 3.63) is 0 Å². The van der Waals surface area contributed by atoms with Crippen molar-refractivity contribution in [2.45, 2.75) is 51.6 Å². The smallest absolute Gasteiger partial charge is 0.299 e. The summed E-state index contributed by atoms with van der Waals surface area (Å²) in [7, 11) is 0. The van der Waals surface area contributed by atoms with Crippen LogP contribution in [-0.2, 0) is 9.59 Å². The van der Waals surface area contributed by atoms with Crippen LogP contribution in [0.25, 0.3) is 0 Å². The molecule has 2 nitrogen and oxygen atoms in total. The van der Waals surface area contributed by atoms with Gasteiger partial charge in [-0.2, -0.15) is 13.2 Å². The first kappa shape index (κ1) is 14.1. The third-order valence-corrected chi connectivity index (χ3v) is 5.65. The van der Waals surface area contributed by atoms with Crippen LogP contribution in [0.2, 0.25) is 0 Å². The van der Waals surface area contributed by atoms with Crippen LogP contribution in [0.15, 0.2) is 0 Å². The predicted molar refractivity (Wildman–Crippen MR) is 65.8 cm³/mol. The number of carbonyl (C=O) groups is 2. The molecule has 0 aromatic carbocycles. The van der Waals surface area contributed by atoms with Crippen LogP contribution in [0.5, 0.6) is 0 Å². The number of hydrogen-bond donors (Lipinski definition) is 0. The Morgan fingerprint density at radius 2 is 1.40 bits per heavy atom. The summed E-state index contributed by atoms with van der Waals surface area (Å²) in [5.74, 6) is -2.62. The van der Waals surface area contributed by atoms with Crippen LogP contribution in [0, 0.1) is 29.1 Å². The fraction of sp³-hybridized carbons (Fsp3) is 0.867. The summed E-state index contributed by atoms with van der Waals surface area (Å²) in [6.07, 6.45) is 0.207. The molecule has 4 aliphatic carbocycles. The van der Waals surface area contributed by atoms with Gasteiger partial charge in [0.25, 0.3) is 0 Å². The maximum absolute atomic E-state index is 12.8. The molecule has 4 rings (SSSR count). The highest BCUT2D eigenvalue weighted by atomic mass is 19.4. The molecule has 0 amide bonds. The average molecular weight is 288 g/mol. The lowest BCUT2D eigenvalue weighted by molar-refractivity contribution is -0.188. The fourth-order valence-electron chi connectivity index (χ4n) is 5.59. The number of halogens is 3. The van der Waals surface area contributed by atoms with Gasteiger partial charge in [-0.1, -0.05) is 0 Å². The molecule has 4 aliphatic rings. The SMILES string of the molecule is CC(=O)C(C(=O)C(F)(F)F)C12CC3CC(CC(C3)C1)C2. The maximum Gasteiger partial charge on any atom is 0.450 e. The van der Waals surface area contributed by atoms with Gasteiger partial charge in [0.2, 0.25) is 5.78 Å². The Bertz CT molecular complexity index is 417. The molecule has 5 heteroatoms. The molecule has 4 fully saturated rings. The maximum atomic E-state index is 12.8. The van der Waals surface area contributed by atoms with Crippen molar-refractivity contribution in [3.63, 3.8) is 0 Å². The minimum absolute atomic E-state index is 0.420. The van der Waals surface area contributed by atoms with Crippen LogP contribution in [0.3, 0.4) is 0 Å². The van der Waals surface area contributed by atoms with Gasteiger partial charge < -0.3 is 0 Å². The summed E-state index contributed by atoms with van der Waals surface area (Å²) in [6.45, 7) is 1.15. The highest BCUT2D eigenvalue weighted by Crippen LogP contribution is 2.63. The number of alkyl halides is 3. The predicted octanol–water partition coefficient (Wildman–Crippen LogP) is 3.54. The molecular weight excluding hydrogens is 269 g/mol. The molecule has 1 atom stereocenters. The quantitative estimate of drug-likeness (QED) is 0.744. The van der Waals surface area contributed by atoms with Crippen molar-refractivity contribution in [1.82, 2.24) is 0 Å². The molecule has 0 N–H and O–H groups in total. The Balaban J connectivity index is 1.95. The van der Waals surface area contributed by atoms with E-state index in [0.717, 1.165) is 26.2 Å². The first-order valence-electron chi connectivity index (χ1n) is 7.33. The van der Waals surface area contributed by atoms with Crippen molar-refractivity contribution < 1.29 is 22.8 Å². The van der Waals surface area contributed by atoms with E-state index in [1.54, 1.807) is 0 Å². The van der Waals surface area contributed by atoms with Crippen LogP contribution < -0.4 is 0 Å². The minimum atomic E-state index is -4.90. The van der Waals surface area contributed by atoms with Gasteiger partial charge in [-0.25, -0.2) is 0 Å². The number of ketones is 2. The summed E-state index contributed by atoms with van der Waals surface area (Å²) < 4.78 is 38.5. The molecule has 0 spiro atoms. The van der Waals surface area contributed by atoms with E-state index < -0.39 is 29.1 Å². The molecule has 1 unspecified atom stereocenters. The zero-order valence-electron chi connectivity index (χ0n) is 11.5. The monoisotopic (exact) mass is 288 g/mol.